The number of amides is 1. The fraction of sp³-hybridized carbons (Fsp3) is 0.441. The van der Waals surface area contributed by atoms with E-state index in [1.54, 1.807) is 18.2 Å². The number of nitrogens with zero attached hydrogens (tertiary/aromatic N) is 4. The van der Waals surface area contributed by atoms with Gasteiger partial charge in [-0.1, -0.05) is 31.1 Å². The summed E-state index contributed by atoms with van der Waals surface area (Å²) >= 11 is 0. The van der Waals surface area contributed by atoms with Crippen LogP contribution in [0.3, 0.4) is 0 Å². The van der Waals surface area contributed by atoms with E-state index in [2.05, 4.69) is 10.0 Å². The zero-order chi connectivity index (χ0) is 38.0. The first kappa shape index (κ1) is 39.8. The summed E-state index contributed by atoms with van der Waals surface area (Å²) < 4.78 is 136. The average Bonchev–Trinajstić information content (AvgIpc) is 2.99. The summed E-state index contributed by atoms with van der Waals surface area (Å²) in [6, 6.07) is 4.98. The van der Waals surface area contributed by atoms with E-state index in [9.17, 15) is 49.8 Å². The molecule has 0 bridgehead atoms. The fourth-order valence-electron chi connectivity index (χ4n) is 5.16. The molecule has 50 heavy (non-hydrogen) atoms. The number of halogens is 9. The smallest absolute Gasteiger partial charge is 0.416 e. The molecule has 0 N–H and O–H groups in total. The summed E-state index contributed by atoms with van der Waals surface area (Å²) in [5, 5.41) is 3.47. The monoisotopic (exact) mass is 718 g/mol. The van der Waals surface area contributed by atoms with Gasteiger partial charge in [-0.3, -0.25) is 0 Å². The maximum atomic E-state index is 14.0. The molecule has 0 saturated carbocycles. The Morgan fingerprint density at radius 3 is 1.80 bits per heavy atom. The van der Waals surface area contributed by atoms with Gasteiger partial charge in [0.25, 0.3) is 0 Å². The molecule has 3 rings (SSSR count). The minimum absolute atomic E-state index is 0.0190. The number of ether oxygens (including phenoxy) is 2. The lowest BCUT2D eigenvalue weighted by atomic mass is 9.91. The standard InChI is InChI=1S/C34H35F9N4O3/c1-18(2)20-8-11-28(49-7)27(15-20)26-10-9-23(32(35,36)37)14-22(26)17-47(30(48)50-31(4,5)6)19(3)29(45-46-44)21-12-24(33(38,39)40)16-25(13-21)34(41,42)43/h8-16,18-19,29H,17H2,1-7H3/t19-,29?/m0/s1. The lowest BCUT2D eigenvalue weighted by Gasteiger charge is -2.35. The summed E-state index contributed by atoms with van der Waals surface area (Å²) in [7, 11) is 1.35. The molecule has 0 aliphatic heterocycles. The molecule has 1 unspecified atom stereocenters. The summed E-state index contributed by atoms with van der Waals surface area (Å²) in [6.07, 6.45) is -16.5. The molecule has 272 valence electrons. The molecule has 0 aliphatic carbocycles. The molecule has 2 atom stereocenters. The highest BCUT2D eigenvalue weighted by molar-refractivity contribution is 5.76. The maximum absolute atomic E-state index is 14.0. The number of rotatable bonds is 9. The van der Waals surface area contributed by atoms with Crippen molar-refractivity contribution in [2.45, 2.75) is 90.2 Å². The SMILES string of the molecule is COc1ccc(C(C)C)cc1-c1ccc(C(F)(F)F)cc1CN(C(=O)OC(C)(C)C)[C@@H](C)C(N=[N+]=[N-])c1cc(C(F)(F)F)cc(C(F)(F)F)c1. The molecule has 3 aromatic rings. The Bertz CT molecular complexity index is 1710. The van der Waals surface area contributed by atoms with Crippen molar-refractivity contribution in [3.05, 3.63) is 98.4 Å². The molecule has 3 aromatic carbocycles. The topological polar surface area (TPSA) is 87.5 Å². The number of carbonyl (C=O) groups is 1. The van der Waals surface area contributed by atoms with Crippen molar-refractivity contribution in [1.29, 1.82) is 0 Å². The Kier molecular flexibility index (Phi) is 11.7. The predicted octanol–water partition coefficient (Wildman–Crippen LogP) is 11.7. The number of hydrogen-bond donors (Lipinski definition) is 0. The second kappa shape index (κ2) is 14.7. The Balaban J connectivity index is 2.35. The van der Waals surface area contributed by atoms with Crippen molar-refractivity contribution in [1.82, 2.24) is 4.90 Å². The van der Waals surface area contributed by atoms with Crippen LogP contribution in [0.15, 0.2) is 59.7 Å². The van der Waals surface area contributed by atoms with Crippen LogP contribution in [0.2, 0.25) is 0 Å². The van der Waals surface area contributed by atoms with Gasteiger partial charge in [-0.05, 0) is 104 Å². The lowest BCUT2D eigenvalue weighted by Crippen LogP contribution is -2.44. The van der Waals surface area contributed by atoms with E-state index in [1.807, 2.05) is 13.8 Å². The van der Waals surface area contributed by atoms with E-state index >= 15 is 0 Å². The first-order chi connectivity index (χ1) is 22.9. The van der Waals surface area contributed by atoms with Gasteiger partial charge in [0.05, 0.1) is 29.8 Å². The number of benzene rings is 3. The van der Waals surface area contributed by atoms with Crippen LogP contribution in [0, 0.1) is 0 Å². The molecule has 0 spiro atoms. The van der Waals surface area contributed by atoms with E-state index in [-0.39, 0.29) is 28.9 Å². The largest absolute Gasteiger partial charge is 0.496 e. The van der Waals surface area contributed by atoms with Crippen molar-refractivity contribution >= 4 is 6.09 Å². The van der Waals surface area contributed by atoms with Gasteiger partial charge >= 0.3 is 24.6 Å². The molecule has 16 heteroatoms. The summed E-state index contributed by atoms with van der Waals surface area (Å²) in [6.45, 7) is 8.64. The molecule has 0 aromatic heterocycles. The Labute approximate surface area is 282 Å². The minimum Gasteiger partial charge on any atom is -0.496 e. The highest BCUT2D eigenvalue weighted by Gasteiger charge is 2.40. The average molecular weight is 719 g/mol. The van der Waals surface area contributed by atoms with Crippen molar-refractivity contribution in [2.75, 3.05) is 7.11 Å². The van der Waals surface area contributed by atoms with E-state index in [4.69, 9.17) is 9.47 Å². The predicted molar refractivity (Wildman–Crippen MR) is 167 cm³/mol. The van der Waals surface area contributed by atoms with Gasteiger partial charge in [0.2, 0.25) is 0 Å². The van der Waals surface area contributed by atoms with E-state index in [0.29, 0.717) is 17.7 Å². The number of alkyl halides is 9. The molecule has 0 heterocycles. The van der Waals surface area contributed by atoms with E-state index < -0.39 is 71.1 Å². The van der Waals surface area contributed by atoms with Crippen LogP contribution < -0.4 is 4.74 Å². The van der Waals surface area contributed by atoms with Crippen molar-refractivity contribution in [3.63, 3.8) is 0 Å². The van der Waals surface area contributed by atoms with Crippen LogP contribution in [0.4, 0.5) is 44.3 Å². The van der Waals surface area contributed by atoms with Gasteiger partial charge < -0.3 is 14.4 Å². The molecule has 0 aliphatic rings. The van der Waals surface area contributed by atoms with Crippen molar-refractivity contribution in [3.8, 4) is 16.9 Å². The Hall–Kier alpha value is -4.59. The molecular weight excluding hydrogens is 683 g/mol. The third-order valence-corrected chi connectivity index (χ3v) is 7.66. The summed E-state index contributed by atoms with van der Waals surface area (Å²) in [5.74, 6) is 0.248. The van der Waals surface area contributed by atoms with Gasteiger partial charge in [-0.15, -0.1) is 0 Å². The highest BCUT2D eigenvalue weighted by atomic mass is 19.4. The first-order valence-corrected chi connectivity index (χ1v) is 15.1. The zero-order valence-electron chi connectivity index (χ0n) is 28.1. The third kappa shape index (κ3) is 9.77. The third-order valence-electron chi connectivity index (χ3n) is 7.66. The number of carbonyl (C=O) groups excluding carboxylic acids is 1. The van der Waals surface area contributed by atoms with Crippen LogP contribution in [0.1, 0.15) is 86.9 Å². The van der Waals surface area contributed by atoms with Crippen molar-refractivity contribution < 1.29 is 53.8 Å². The van der Waals surface area contributed by atoms with Crippen LogP contribution in [-0.2, 0) is 29.8 Å². The Morgan fingerprint density at radius 1 is 0.780 bits per heavy atom. The van der Waals surface area contributed by atoms with Gasteiger partial charge in [0.1, 0.15) is 11.4 Å². The second-order valence-electron chi connectivity index (χ2n) is 12.8. The molecule has 1 amide bonds. The van der Waals surface area contributed by atoms with Crippen LogP contribution in [-0.4, -0.2) is 29.7 Å². The molecule has 0 radical (unpaired) electrons. The lowest BCUT2D eigenvalue weighted by molar-refractivity contribution is -0.143. The molecular formula is C34H35F9N4O3. The van der Waals surface area contributed by atoms with E-state index in [0.717, 1.165) is 22.6 Å². The van der Waals surface area contributed by atoms with Crippen LogP contribution >= 0.6 is 0 Å². The number of hydrogen-bond acceptors (Lipinski definition) is 4. The molecule has 0 saturated heterocycles. The van der Waals surface area contributed by atoms with Gasteiger partial charge in [-0.2, -0.15) is 39.5 Å². The highest BCUT2D eigenvalue weighted by Crippen LogP contribution is 2.42. The number of azide groups is 1. The molecule has 7 nitrogen and oxygen atoms in total. The first-order valence-electron chi connectivity index (χ1n) is 15.1. The van der Waals surface area contributed by atoms with Gasteiger partial charge in [0, 0.05) is 23.1 Å². The quantitative estimate of drug-likeness (QED) is 0.0955. The normalized spacial score (nSPS) is 13.8. The zero-order valence-corrected chi connectivity index (χ0v) is 28.1. The minimum atomic E-state index is -5.25. The maximum Gasteiger partial charge on any atom is 0.416 e. The second-order valence-corrected chi connectivity index (χ2v) is 12.8. The van der Waals surface area contributed by atoms with Crippen LogP contribution in [0.5, 0.6) is 5.75 Å². The van der Waals surface area contributed by atoms with Gasteiger partial charge in [-0.25, -0.2) is 4.79 Å². The summed E-state index contributed by atoms with van der Waals surface area (Å²) in [4.78, 5) is 17.2. The Morgan fingerprint density at radius 2 is 1.34 bits per heavy atom. The van der Waals surface area contributed by atoms with E-state index in [1.165, 1.54) is 40.9 Å². The fourth-order valence-corrected chi connectivity index (χ4v) is 5.16. The van der Waals surface area contributed by atoms with Gasteiger partial charge in [0.15, 0.2) is 0 Å². The molecule has 0 fully saturated rings. The van der Waals surface area contributed by atoms with Crippen LogP contribution in [0.25, 0.3) is 21.6 Å². The summed E-state index contributed by atoms with van der Waals surface area (Å²) in [5.41, 5.74) is 4.11. The number of methoxy groups -OCH3 is 1. The van der Waals surface area contributed by atoms with Crippen molar-refractivity contribution in [2.24, 2.45) is 5.11 Å².